The number of hydrogen-bond acceptors (Lipinski definition) is 1. The topological polar surface area (TPSA) is 12.0 Å². The molecule has 0 radical (unpaired) electrons. The van der Waals surface area contributed by atoms with Gasteiger partial charge in [-0.15, -0.1) is 0 Å². The van der Waals surface area contributed by atoms with Crippen LogP contribution in [0.15, 0.2) is 18.2 Å². The first kappa shape index (κ1) is 12.5. The number of benzene rings is 1. The molecule has 2 rings (SSSR count). The molecule has 0 aliphatic heterocycles. The predicted molar refractivity (Wildman–Crippen MR) is 64.9 cm³/mol. The molecule has 2 unspecified atom stereocenters. The van der Waals surface area contributed by atoms with Crippen LogP contribution in [0.25, 0.3) is 0 Å². The van der Waals surface area contributed by atoms with Gasteiger partial charge in [0, 0.05) is 6.07 Å². The van der Waals surface area contributed by atoms with Gasteiger partial charge >= 0.3 is 0 Å². The number of rotatable bonds is 5. The summed E-state index contributed by atoms with van der Waals surface area (Å²) in [5.74, 6) is 0.565. The van der Waals surface area contributed by atoms with Gasteiger partial charge in [-0.2, -0.15) is 0 Å². The molecule has 2 atom stereocenters. The molecule has 1 N–H and O–H groups in total. The first-order chi connectivity index (χ1) is 8.06. The molecule has 1 aromatic rings. The molecule has 1 fully saturated rings. The molecular formula is C14H19F2N. The molecular weight excluding hydrogens is 220 g/mol. The lowest BCUT2D eigenvalue weighted by atomic mass is 10.1. The van der Waals surface area contributed by atoms with Gasteiger partial charge in [0.2, 0.25) is 0 Å². The van der Waals surface area contributed by atoms with Gasteiger partial charge in [0.1, 0.15) is 11.6 Å². The van der Waals surface area contributed by atoms with Crippen molar-refractivity contribution in [2.45, 2.75) is 26.2 Å². The molecule has 1 saturated carbocycles. The van der Waals surface area contributed by atoms with Crippen molar-refractivity contribution in [3.05, 3.63) is 35.4 Å². The fraction of sp³-hybridized carbons (Fsp3) is 0.571. The van der Waals surface area contributed by atoms with Crippen LogP contribution in [0.1, 0.15) is 31.7 Å². The maximum atomic E-state index is 13.0. The van der Waals surface area contributed by atoms with Crippen LogP contribution >= 0.6 is 0 Å². The van der Waals surface area contributed by atoms with Crippen molar-refractivity contribution >= 4 is 0 Å². The third-order valence-electron chi connectivity index (χ3n) is 3.19. The molecule has 0 aromatic heterocycles. The van der Waals surface area contributed by atoms with Gasteiger partial charge in [0.25, 0.3) is 0 Å². The molecule has 1 nitrogen and oxygen atoms in total. The van der Waals surface area contributed by atoms with E-state index in [9.17, 15) is 8.78 Å². The lowest BCUT2D eigenvalue weighted by Crippen LogP contribution is -2.22. The van der Waals surface area contributed by atoms with E-state index < -0.39 is 11.6 Å². The number of nitrogens with one attached hydrogen (secondary N) is 1. The molecule has 3 heteroatoms. The first-order valence-electron chi connectivity index (χ1n) is 6.23. The highest BCUT2D eigenvalue weighted by molar-refractivity contribution is 5.27. The third-order valence-corrected chi connectivity index (χ3v) is 3.19. The zero-order valence-electron chi connectivity index (χ0n) is 10.3. The number of hydrogen-bond donors (Lipinski definition) is 1. The average molecular weight is 239 g/mol. The largest absolute Gasteiger partial charge is 0.316 e. The van der Waals surface area contributed by atoms with Crippen LogP contribution in [-0.2, 0) is 0 Å². The van der Waals surface area contributed by atoms with Gasteiger partial charge in [-0.1, -0.05) is 13.8 Å². The van der Waals surface area contributed by atoms with E-state index in [4.69, 9.17) is 0 Å². The smallest absolute Gasteiger partial charge is 0.126 e. The van der Waals surface area contributed by atoms with E-state index in [1.54, 1.807) is 0 Å². The Morgan fingerprint density at radius 3 is 2.47 bits per heavy atom. The summed E-state index contributed by atoms with van der Waals surface area (Å²) < 4.78 is 26.1. The van der Waals surface area contributed by atoms with E-state index in [0.717, 1.165) is 31.1 Å². The first-order valence-corrected chi connectivity index (χ1v) is 6.23. The highest BCUT2D eigenvalue weighted by atomic mass is 19.1. The van der Waals surface area contributed by atoms with E-state index in [0.29, 0.717) is 17.8 Å². The summed E-state index contributed by atoms with van der Waals surface area (Å²) in [5, 5.41) is 3.39. The minimum atomic E-state index is -0.471. The quantitative estimate of drug-likeness (QED) is 0.831. The van der Waals surface area contributed by atoms with Crippen LogP contribution in [-0.4, -0.2) is 13.1 Å². The predicted octanol–water partition coefficient (Wildman–Crippen LogP) is 3.31. The van der Waals surface area contributed by atoms with Crippen molar-refractivity contribution in [2.24, 2.45) is 11.8 Å². The molecule has 0 heterocycles. The van der Waals surface area contributed by atoms with Crippen LogP contribution in [0.4, 0.5) is 8.78 Å². The van der Waals surface area contributed by atoms with E-state index in [-0.39, 0.29) is 0 Å². The second-order valence-electron chi connectivity index (χ2n) is 5.36. The van der Waals surface area contributed by atoms with Gasteiger partial charge in [-0.25, -0.2) is 8.78 Å². The van der Waals surface area contributed by atoms with Crippen molar-refractivity contribution < 1.29 is 8.78 Å². The summed E-state index contributed by atoms with van der Waals surface area (Å²) in [7, 11) is 0. The molecule has 0 amide bonds. The molecule has 1 aliphatic rings. The fourth-order valence-electron chi connectivity index (χ4n) is 2.23. The highest BCUT2D eigenvalue weighted by Crippen LogP contribution is 2.47. The van der Waals surface area contributed by atoms with Crippen molar-refractivity contribution in [1.82, 2.24) is 5.32 Å². The van der Waals surface area contributed by atoms with E-state index in [1.807, 2.05) is 0 Å². The van der Waals surface area contributed by atoms with Crippen LogP contribution in [0, 0.1) is 23.5 Å². The summed E-state index contributed by atoms with van der Waals surface area (Å²) >= 11 is 0. The molecule has 1 aromatic carbocycles. The Morgan fingerprint density at radius 1 is 1.24 bits per heavy atom. The molecule has 0 saturated heterocycles. The van der Waals surface area contributed by atoms with Crippen molar-refractivity contribution in [3.8, 4) is 0 Å². The van der Waals surface area contributed by atoms with Gasteiger partial charge in [-0.05, 0) is 55.0 Å². The molecule has 1 aliphatic carbocycles. The van der Waals surface area contributed by atoms with E-state index in [2.05, 4.69) is 19.2 Å². The van der Waals surface area contributed by atoms with Gasteiger partial charge in [0.15, 0.2) is 0 Å². The number of halogens is 2. The summed E-state index contributed by atoms with van der Waals surface area (Å²) in [5.41, 5.74) is 0.804. The standard InChI is InChI=1S/C14H19F2N/c1-9(2)7-17-8-11-5-14(11)10-3-12(15)6-13(16)4-10/h3-4,6,9,11,14,17H,5,7-8H2,1-2H3. The maximum Gasteiger partial charge on any atom is 0.126 e. The normalized spacial score (nSPS) is 23.1. The van der Waals surface area contributed by atoms with Crippen LogP contribution < -0.4 is 5.32 Å². The monoisotopic (exact) mass is 239 g/mol. The van der Waals surface area contributed by atoms with Crippen molar-refractivity contribution in [2.75, 3.05) is 13.1 Å². The zero-order chi connectivity index (χ0) is 12.4. The molecule has 0 bridgehead atoms. The Hall–Kier alpha value is -0.960. The summed E-state index contributed by atoms with van der Waals surface area (Å²) in [4.78, 5) is 0. The van der Waals surface area contributed by atoms with E-state index in [1.165, 1.54) is 12.1 Å². The lowest BCUT2D eigenvalue weighted by Gasteiger charge is -2.07. The van der Waals surface area contributed by atoms with Crippen LogP contribution in [0.2, 0.25) is 0 Å². The van der Waals surface area contributed by atoms with Gasteiger partial charge < -0.3 is 5.32 Å². The Kier molecular flexibility index (Phi) is 3.77. The molecule has 17 heavy (non-hydrogen) atoms. The lowest BCUT2D eigenvalue weighted by molar-refractivity contribution is 0.531. The SMILES string of the molecule is CC(C)CNCC1CC1c1cc(F)cc(F)c1. The van der Waals surface area contributed by atoms with Gasteiger partial charge in [0.05, 0.1) is 0 Å². The van der Waals surface area contributed by atoms with Gasteiger partial charge in [-0.3, -0.25) is 0 Å². The Bertz CT molecular complexity index is 370. The molecule has 0 spiro atoms. The minimum absolute atomic E-state index is 0.333. The van der Waals surface area contributed by atoms with Crippen molar-refractivity contribution in [1.29, 1.82) is 0 Å². The summed E-state index contributed by atoms with van der Waals surface area (Å²) in [6.07, 6.45) is 1.04. The molecule has 94 valence electrons. The zero-order valence-corrected chi connectivity index (χ0v) is 10.3. The second-order valence-corrected chi connectivity index (χ2v) is 5.36. The average Bonchev–Trinajstić information content (AvgIpc) is 2.95. The van der Waals surface area contributed by atoms with Crippen LogP contribution in [0.3, 0.4) is 0 Å². The minimum Gasteiger partial charge on any atom is -0.316 e. The Balaban J connectivity index is 1.85. The second kappa shape index (κ2) is 5.13. The Labute approximate surface area is 101 Å². The fourth-order valence-corrected chi connectivity index (χ4v) is 2.23. The third kappa shape index (κ3) is 3.50. The van der Waals surface area contributed by atoms with E-state index >= 15 is 0 Å². The van der Waals surface area contributed by atoms with Crippen LogP contribution in [0.5, 0.6) is 0 Å². The maximum absolute atomic E-state index is 13.0. The summed E-state index contributed by atoms with van der Waals surface area (Å²) in [6, 6.07) is 3.84. The Morgan fingerprint density at radius 2 is 1.88 bits per heavy atom. The highest BCUT2D eigenvalue weighted by Gasteiger charge is 2.38. The van der Waals surface area contributed by atoms with Crippen molar-refractivity contribution in [3.63, 3.8) is 0 Å². The summed E-state index contributed by atoms with van der Waals surface area (Å²) in [6.45, 7) is 6.28.